The van der Waals surface area contributed by atoms with Gasteiger partial charge in [-0.15, -0.1) is 0 Å². The number of nitrogens with zero attached hydrogens (tertiary/aromatic N) is 1. The zero-order valence-electron chi connectivity index (χ0n) is 12.0. The lowest BCUT2D eigenvalue weighted by molar-refractivity contribution is -0.141. The van der Waals surface area contributed by atoms with Crippen molar-refractivity contribution < 1.29 is 29.3 Å². The normalized spacial score (nSPS) is 11.2. The molecule has 0 heterocycles. The maximum absolute atomic E-state index is 11.3. The summed E-state index contributed by atoms with van der Waals surface area (Å²) in [6.45, 7) is 5.08. The molecule has 0 bridgehead atoms. The smallest absolute Gasteiger partial charge is 0.407 e. The third-order valence-electron chi connectivity index (χ3n) is 2.04. The molecule has 0 aliphatic carbocycles. The van der Waals surface area contributed by atoms with Gasteiger partial charge >= 0.3 is 18.0 Å². The number of aliphatic carboxylic acids is 2. The molecule has 20 heavy (non-hydrogen) atoms. The molecule has 3 N–H and O–H groups in total. The summed E-state index contributed by atoms with van der Waals surface area (Å²) in [5, 5.41) is 19.8. The van der Waals surface area contributed by atoms with Gasteiger partial charge in [0.05, 0.1) is 13.1 Å². The van der Waals surface area contributed by atoms with Crippen molar-refractivity contribution in [1.29, 1.82) is 0 Å². The number of rotatable bonds is 8. The van der Waals surface area contributed by atoms with E-state index in [1.165, 1.54) is 4.90 Å². The average Bonchev–Trinajstić information content (AvgIpc) is 2.19. The summed E-state index contributed by atoms with van der Waals surface area (Å²) in [5.74, 6) is -2.18. The lowest BCUT2D eigenvalue weighted by Crippen LogP contribution is -2.37. The molecule has 0 aliphatic rings. The fraction of sp³-hybridized carbons (Fsp3) is 0.750. The molecule has 1 amide bonds. The van der Waals surface area contributed by atoms with Crippen molar-refractivity contribution >= 4 is 18.0 Å². The zero-order valence-corrected chi connectivity index (χ0v) is 12.0. The van der Waals surface area contributed by atoms with Crippen LogP contribution in [0.4, 0.5) is 4.79 Å². The van der Waals surface area contributed by atoms with E-state index in [4.69, 9.17) is 14.9 Å². The zero-order chi connectivity index (χ0) is 15.8. The van der Waals surface area contributed by atoms with Crippen LogP contribution in [0, 0.1) is 0 Å². The average molecular weight is 290 g/mol. The van der Waals surface area contributed by atoms with Gasteiger partial charge in [-0.05, 0) is 27.2 Å². The van der Waals surface area contributed by atoms with Gasteiger partial charge in [0.2, 0.25) is 0 Å². The number of amides is 1. The second-order valence-corrected chi connectivity index (χ2v) is 5.28. The van der Waals surface area contributed by atoms with E-state index in [9.17, 15) is 14.4 Å². The minimum absolute atomic E-state index is 0.258. The molecule has 0 aromatic heterocycles. The third-order valence-corrected chi connectivity index (χ3v) is 2.04. The Morgan fingerprint density at radius 2 is 1.60 bits per heavy atom. The lowest BCUT2D eigenvalue weighted by Gasteiger charge is -2.20. The molecule has 0 aromatic rings. The molecule has 0 unspecified atom stereocenters. The fourth-order valence-corrected chi connectivity index (χ4v) is 1.40. The SMILES string of the molecule is CC(C)(C)OC(=O)NCCCN(CC(=O)O)CC(=O)O. The molecule has 0 rings (SSSR count). The van der Waals surface area contributed by atoms with Crippen LogP contribution >= 0.6 is 0 Å². The van der Waals surface area contributed by atoms with Gasteiger partial charge < -0.3 is 20.3 Å². The first-order chi connectivity index (χ1) is 9.10. The predicted molar refractivity (Wildman–Crippen MR) is 70.6 cm³/mol. The summed E-state index contributed by atoms with van der Waals surface area (Å²) >= 11 is 0. The van der Waals surface area contributed by atoms with Gasteiger partial charge in [0, 0.05) is 13.1 Å². The van der Waals surface area contributed by atoms with E-state index in [-0.39, 0.29) is 26.2 Å². The van der Waals surface area contributed by atoms with E-state index in [0.29, 0.717) is 6.42 Å². The second kappa shape index (κ2) is 8.36. The number of nitrogens with one attached hydrogen (secondary N) is 1. The predicted octanol–water partition coefficient (Wildman–Crippen LogP) is 0.372. The Morgan fingerprint density at radius 3 is 2.00 bits per heavy atom. The summed E-state index contributed by atoms with van der Waals surface area (Å²) < 4.78 is 5.02. The largest absolute Gasteiger partial charge is 0.480 e. The summed E-state index contributed by atoms with van der Waals surface area (Å²) in [7, 11) is 0. The van der Waals surface area contributed by atoms with Crippen LogP contribution in [0.3, 0.4) is 0 Å². The highest BCUT2D eigenvalue weighted by Gasteiger charge is 2.16. The van der Waals surface area contributed by atoms with Gasteiger partial charge in [0.15, 0.2) is 0 Å². The Labute approximate surface area is 117 Å². The molecule has 0 aromatic carbocycles. The Morgan fingerprint density at radius 1 is 1.10 bits per heavy atom. The number of carboxylic acids is 2. The van der Waals surface area contributed by atoms with Gasteiger partial charge in [0.1, 0.15) is 5.60 Å². The van der Waals surface area contributed by atoms with E-state index < -0.39 is 23.6 Å². The van der Waals surface area contributed by atoms with E-state index in [1.807, 2.05) is 0 Å². The molecule has 0 aliphatic heterocycles. The number of ether oxygens (including phenoxy) is 1. The van der Waals surface area contributed by atoms with Crippen LogP contribution in [0.25, 0.3) is 0 Å². The number of carboxylic acid groups (broad SMARTS) is 2. The minimum Gasteiger partial charge on any atom is -0.480 e. The van der Waals surface area contributed by atoms with Crippen LogP contribution in [0.5, 0.6) is 0 Å². The van der Waals surface area contributed by atoms with E-state index in [2.05, 4.69) is 5.32 Å². The minimum atomic E-state index is -1.09. The molecule has 0 fully saturated rings. The number of hydrogen-bond donors (Lipinski definition) is 3. The second-order valence-electron chi connectivity index (χ2n) is 5.28. The van der Waals surface area contributed by atoms with Crippen LogP contribution in [0.1, 0.15) is 27.2 Å². The maximum atomic E-state index is 11.3. The van der Waals surface area contributed by atoms with E-state index in [1.54, 1.807) is 20.8 Å². The number of alkyl carbamates (subject to hydrolysis) is 1. The highest BCUT2D eigenvalue weighted by molar-refractivity contribution is 5.72. The van der Waals surface area contributed by atoms with Crippen molar-refractivity contribution in [3.05, 3.63) is 0 Å². The van der Waals surface area contributed by atoms with Crippen molar-refractivity contribution in [3.8, 4) is 0 Å². The molecule has 8 nitrogen and oxygen atoms in total. The van der Waals surface area contributed by atoms with E-state index in [0.717, 1.165) is 0 Å². The quantitative estimate of drug-likeness (QED) is 0.553. The summed E-state index contributed by atoms with van der Waals surface area (Å²) in [6.07, 6.45) is -0.125. The molecule has 0 radical (unpaired) electrons. The number of hydrogen-bond acceptors (Lipinski definition) is 5. The molecule has 0 spiro atoms. The van der Waals surface area contributed by atoms with Crippen molar-refractivity contribution in [2.75, 3.05) is 26.2 Å². The topological polar surface area (TPSA) is 116 Å². The Kier molecular flexibility index (Phi) is 7.60. The highest BCUT2D eigenvalue weighted by Crippen LogP contribution is 2.06. The summed E-state index contributed by atoms with van der Waals surface area (Å²) in [5.41, 5.74) is -0.581. The molecular formula is C12H22N2O6. The van der Waals surface area contributed by atoms with Gasteiger partial charge in [-0.1, -0.05) is 0 Å². The van der Waals surface area contributed by atoms with Crippen LogP contribution in [-0.4, -0.2) is 64.9 Å². The standard InChI is InChI=1S/C12H22N2O6/c1-12(2,3)20-11(19)13-5-4-6-14(7-9(15)16)8-10(17)18/h4-8H2,1-3H3,(H,13,19)(H,15,16)(H,17,18). The van der Waals surface area contributed by atoms with Crippen molar-refractivity contribution in [2.24, 2.45) is 0 Å². The van der Waals surface area contributed by atoms with Crippen molar-refractivity contribution in [1.82, 2.24) is 10.2 Å². The fourth-order valence-electron chi connectivity index (χ4n) is 1.40. The molecule has 0 saturated heterocycles. The van der Waals surface area contributed by atoms with Gasteiger partial charge in [-0.25, -0.2) is 4.79 Å². The molecular weight excluding hydrogens is 268 g/mol. The first-order valence-electron chi connectivity index (χ1n) is 6.23. The first-order valence-corrected chi connectivity index (χ1v) is 6.23. The highest BCUT2D eigenvalue weighted by atomic mass is 16.6. The Balaban J connectivity index is 3.96. The van der Waals surface area contributed by atoms with Crippen LogP contribution in [-0.2, 0) is 14.3 Å². The number of carbonyl (C=O) groups is 3. The summed E-state index contributed by atoms with van der Waals surface area (Å²) in [6, 6.07) is 0. The lowest BCUT2D eigenvalue weighted by atomic mass is 10.2. The number of carbonyl (C=O) groups excluding carboxylic acids is 1. The Bertz CT molecular complexity index is 334. The van der Waals surface area contributed by atoms with Gasteiger partial charge in [0.25, 0.3) is 0 Å². The van der Waals surface area contributed by atoms with Gasteiger partial charge in [-0.2, -0.15) is 0 Å². The molecule has 116 valence electrons. The van der Waals surface area contributed by atoms with Gasteiger partial charge in [-0.3, -0.25) is 14.5 Å². The molecule has 8 heteroatoms. The van der Waals surface area contributed by atoms with E-state index >= 15 is 0 Å². The van der Waals surface area contributed by atoms with Crippen LogP contribution in [0.2, 0.25) is 0 Å². The van der Waals surface area contributed by atoms with Crippen molar-refractivity contribution in [3.63, 3.8) is 0 Å². The molecule has 0 atom stereocenters. The third kappa shape index (κ3) is 11.3. The monoisotopic (exact) mass is 290 g/mol. The maximum Gasteiger partial charge on any atom is 0.407 e. The summed E-state index contributed by atoms with van der Waals surface area (Å²) in [4.78, 5) is 33.7. The van der Waals surface area contributed by atoms with Crippen LogP contribution in [0.15, 0.2) is 0 Å². The Hall–Kier alpha value is -1.83. The first kappa shape index (κ1) is 18.2. The molecule has 0 saturated carbocycles. The van der Waals surface area contributed by atoms with Crippen LogP contribution < -0.4 is 5.32 Å². The van der Waals surface area contributed by atoms with Crippen molar-refractivity contribution in [2.45, 2.75) is 32.8 Å².